The molecule has 7 nitrogen and oxygen atoms in total. The van der Waals surface area contributed by atoms with Crippen LogP contribution in [0.1, 0.15) is 52.4 Å². The van der Waals surface area contributed by atoms with Crippen molar-refractivity contribution >= 4 is 11.8 Å². The van der Waals surface area contributed by atoms with E-state index in [-0.39, 0.29) is 31.1 Å². The molecular weight excluding hydrogens is 384 g/mol. The summed E-state index contributed by atoms with van der Waals surface area (Å²) in [5.41, 5.74) is 0.129. The van der Waals surface area contributed by atoms with Crippen molar-refractivity contribution in [3.8, 4) is 12.1 Å². The molecule has 30 heavy (non-hydrogen) atoms. The third-order valence-corrected chi connectivity index (χ3v) is 7.57. The fraction of sp³-hybridized carbons (Fsp3) is 0.652. The summed E-state index contributed by atoms with van der Waals surface area (Å²) in [7, 11) is 0. The van der Waals surface area contributed by atoms with E-state index in [2.05, 4.69) is 18.2 Å². The Bertz CT molecular complexity index is 914. The first-order chi connectivity index (χ1) is 14.3. The number of ether oxygens (including phenoxy) is 3. The van der Waals surface area contributed by atoms with E-state index in [9.17, 15) is 20.1 Å². The van der Waals surface area contributed by atoms with Crippen molar-refractivity contribution in [2.45, 2.75) is 58.2 Å². The topological polar surface area (TPSA) is 109 Å². The number of hydrogen-bond acceptors (Lipinski definition) is 7. The number of nitrogens with zero attached hydrogens (tertiary/aromatic N) is 2. The number of allylic oxidation sites excluding steroid dienone is 3. The van der Waals surface area contributed by atoms with Gasteiger partial charge < -0.3 is 14.2 Å². The molecule has 1 unspecified atom stereocenters. The second-order valence-corrected chi connectivity index (χ2v) is 8.76. The lowest BCUT2D eigenvalue weighted by Gasteiger charge is -2.52. The molecule has 4 aliphatic rings. The molecule has 4 rings (SSSR count). The molecule has 0 bridgehead atoms. The third kappa shape index (κ3) is 2.92. The molecule has 2 atom stereocenters. The zero-order valence-electron chi connectivity index (χ0n) is 17.5. The van der Waals surface area contributed by atoms with Crippen molar-refractivity contribution in [2.24, 2.45) is 16.7 Å². The number of rotatable bonds is 3. The van der Waals surface area contributed by atoms with Crippen LogP contribution in [0.2, 0.25) is 0 Å². The van der Waals surface area contributed by atoms with Gasteiger partial charge in [0.05, 0.1) is 25.4 Å². The predicted octanol–water partition coefficient (Wildman–Crippen LogP) is 3.12. The molecule has 0 aromatic heterocycles. The van der Waals surface area contributed by atoms with Gasteiger partial charge in [-0.25, -0.2) is 0 Å². The van der Waals surface area contributed by atoms with Gasteiger partial charge in [0.2, 0.25) is 0 Å². The molecule has 1 saturated carbocycles. The van der Waals surface area contributed by atoms with E-state index in [1.807, 2.05) is 6.92 Å². The lowest BCUT2D eigenvalue weighted by atomic mass is 9.50. The Kier molecular flexibility index (Phi) is 5.08. The van der Waals surface area contributed by atoms with Crippen LogP contribution in [0.3, 0.4) is 0 Å². The lowest BCUT2D eigenvalue weighted by molar-refractivity contribution is -0.210. The van der Waals surface area contributed by atoms with Crippen molar-refractivity contribution in [1.29, 1.82) is 10.5 Å². The highest BCUT2D eigenvalue weighted by Crippen LogP contribution is 2.63. The molecule has 7 heteroatoms. The van der Waals surface area contributed by atoms with E-state index < -0.39 is 22.6 Å². The summed E-state index contributed by atoms with van der Waals surface area (Å²) in [6.07, 6.45) is 4.98. The minimum absolute atomic E-state index is 0.106. The summed E-state index contributed by atoms with van der Waals surface area (Å²) in [6.45, 7) is 4.29. The van der Waals surface area contributed by atoms with Gasteiger partial charge in [0, 0.05) is 43.6 Å². The summed E-state index contributed by atoms with van der Waals surface area (Å²) >= 11 is 0. The van der Waals surface area contributed by atoms with Gasteiger partial charge in [-0.05, 0) is 29.9 Å². The first-order valence-corrected chi connectivity index (χ1v) is 10.5. The number of hydrogen-bond donors (Lipinski definition) is 0. The molecule has 0 amide bonds. The normalized spacial score (nSPS) is 31.3. The number of carbonyl (C=O) groups excluding carboxylic acids is 2. The van der Waals surface area contributed by atoms with Gasteiger partial charge in [-0.3, -0.25) is 9.59 Å². The molecule has 0 N–H and O–H groups in total. The number of carbonyl (C=O) groups is 2. The van der Waals surface area contributed by atoms with Crippen molar-refractivity contribution < 1.29 is 23.8 Å². The van der Waals surface area contributed by atoms with Crippen LogP contribution in [0.5, 0.6) is 0 Å². The molecule has 0 aromatic rings. The van der Waals surface area contributed by atoms with Gasteiger partial charge >= 0.3 is 5.97 Å². The van der Waals surface area contributed by atoms with Crippen LogP contribution < -0.4 is 0 Å². The Balaban J connectivity index is 1.85. The predicted molar refractivity (Wildman–Crippen MR) is 104 cm³/mol. The first kappa shape index (κ1) is 20.8. The van der Waals surface area contributed by atoms with E-state index in [0.29, 0.717) is 50.0 Å². The van der Waals surface area contributed by atoms with Crippen LogP contribution in [-0.2, 0) is 23.8 Å². The lowest BCUT2D eigenvalue weighted by Crippen LogP contribution is -2.52. The minimum atomic E-state index is -1.29. The number of esters is 1. The van der Waals surface area contributed by atoms with Gasteiger partial charge in [-0.15, -0.1) is 0 Å². The minimum Gasteiger partial charge on any atom is -0.461 e. The third-order valence-electron chi connectivity index (χ3n) is 7.57. The molecule has 1 aliphatic heterocycles. The Hall–Kier alpha value is -2.48. The van der Waals surface area contributed by atoms with Gasteiger partial charge in [0.15, 0.2) is 17.0 Å². The second kappa shape index (κ2) is 7.34. The number of nitriles is 2. The molecule has 1 spiro atoms. The highest BCUT2D eigenvalue weighted by Gasteiger charge is 2.62. The van der Waals surface area contributed by atoms with Crippen molar-refractivity contribution in [3.63, 3.8) is 0 Å². The second-order valence-electron chi connectivity index (χ2n) is 8.76. The number of Topliss-reactive ketones (excluding diaryl/α,β-unsaturated/α-hetero) is 1. The van der Waals surface area contributed by atoms with Crippen LogP contribution in [-0.4, -0.2) is 37.4 Å². The van der Waals surface area contributed by atoms with Gasteiger partial charge in [-0.1, -0.05) is 13.0 Å². The van der Waals surface area contributed by atoms with Crippen molar-refractivity contribution in [1.82, 2.24) is 0 Å². The summed E-state index contributed by atoms with van der Waals surface area (Å²) in [6, 6.07) is 4.72. The maximum absolute atomic E-state index is 12.7. The Morgan fingerprint density at radius 2 is 1.97 bits per heavy atom. The average Bonchev–Trinajstić information content (AvgIpc) is 3.26. The number of ketones is 1. The van der Waals surface area contributed by atoms with Crippen molar-refractivity contribution in [2.75, 3.05) is 19.8 Å². The van der Waals surface area contributed by atoms with Crippen LogP contribution in [0, 0.1) is 39.4 Å². The highest BCUT2D eigenvalue weighted by atomic mass is 16.7. The first-order valence-electron chi connectivity index (χ1n) is 10.5. The maximum atomic E-state index is 12.7. The van der Waals surface area contributed by atoms with Crippen molar-refractivity contribution in [3.05, 3.63) is 22.8 Å². The van der Waals surface area contributed by atoms with Crippen LogP contribution in [0.25, 0.3) is 0 Å². The molecular formula is C23H26N2O5. The fourth-order valence-corrected chi connectivity index (χ4v) is 5.96. The van der Waals surface area contributed by atoms with Gasteiger partial charge in [0.1, 0.15) is 6.61 Å². The molecule has 1 heterocycles. The number of fused-ring (bicyclic) bond motifs is 2. The zero-order valence-corrected chi connectivity index (χ0v) is 17.5. The van der Waals surface area contributed by atoms with Crippen LogP contribution in [0.15, 0.2) is 22.8 Å². The summed E-state index contributed by atoms with van der Waals surface area (Å²) in [5, 5.41) is 20.6. The van der Waals surface area contributed by atoms with E-state index >= 15 is 0 Å². The smallest absolute Gasteiger partial charge is 0.302 e. The largest absolute Gasteiger partial charge is 0.461 e. The Morgan fingerprint density at radius 1 is 1.27 bits per heavy atom. The SMILES string of the molecule is CCC12CCC3(C[C@H]1C=C1CC(=O)C(COC(C)=O)=C1CC2(C#N)C#N)OCCO3. The Labute approximate surface area is 176 Å². The zero-order chi connectivity index (χ0) is 21.6. The average molecular weight is 410 g/mol. The monoisotopic (exact) mass is 410 g/mol. The molecule has 158 valence electrons. The van der Waals surface area contributed by atoms with E-state index in [4.69, 9.17) is 14.2 Å². The fourth-order valence-electron chi connectivity index (χ4n) is 5.96. The molecule has 0 aromatic carbocycles. The van der Waals surface area contributed by atoms with Crippen LogP contribution >= 0.6 is 0 Å². The van der Waals surface area contributed by atoms with E-state index in [1.54, 1.807) is 0 Å². The molecule has 3 aliphatic carbocycles. The van der Waals surface area contributed by atoms with E-state index in [0.717, 1.165) is 5.57 Å². The quantitative estimate of drug-likeness (QED) is 0.658. The highest BCUT2D eigenvalue weighted by molar-refractivity contribution is 6.03. The van der Waals surface area contributed by atoms with E-state index in [1.165, 1.54) is 6.92 Å². The summed E-state index contributed by atoms with van der Waals surface area (Å²) in [4.78, 5) is 24.0. The molecule has 1 saturated heterocycles. The van der Waals surface area contributed by atoms with Gasteiger partial charge in [0.25, 0.3) is 0 Å². The standard InChI is InChI=1S/C23H26N2O5/c1-3-22-4-5-23(29-6-7-30-23)10-17(22)8-16-9-20(27)19(12-28-15(2)26)18(16)11-21(22,13-24)14-25/h8,17H,3-7,9-12H2,1-2H3/t17-,22?/m1/s1. The maximum Gasteiger partial charge on any atom is 0.302 e. The molecule has 0 radical (unpaired) electrons. The van der Waals surface area contributed by atoms with Crippen LogP contribution in [0.4, 0.5) is 0 Å². The summed E-state index contributed by atoms with van der Waals surface area (Å²) < 4.78 is 17.0. The molecule has 2 fully saturated rings. The summed E-state index contributed by atoms with van der Waals surface area (Å²) in [5.74, 6) is -1.37. The van der Waals surface area contributed by atoms with Gasteiger partial charge in [-0.2, -0.15) is 10.5 Å². The Morgan fingerprint density at radius 3 is 2.57 bits per heavy atom.